The molecule has 1 saturated carbocycles. The Kier molecular flexibility index (Phi) is 3.49. The molecule has 0 amide bonds. The lowest BCUT2D eigenvalue weighted by Gasteiger charge is -2.11. The Morgan fingerprint density at radius 1 is 1.11 bits per heavy atom. The Balaban J connectivity index is 1.98. The van der Waals surface area contributed by atoms with Crippen LogP contribution in [0.15, 0.2) is 28.9 Å². The number of rotatable bonds is 2. The van der Waals surface area contributed by atoms with Crippen molar-refractivity contribution in [2.24, 2.45) is 0 Å². The first-order valence-electron chi connectivity index (χ1n) is 7.02. The number of hydrogen-bond acceptors (Lipinski definition) is 4. The van der Waals surface area contributed by atoms with E-state index in [0.717, 1.165) is 29.9 Å². The highest BCUT2D eigenvalue weighted by atomic mass is 16.5. The van der Waals surface area contributed by atoms with Crippen LogP contribution in [-0.2, 0) is 0 Å². The lowest BCUT2D eigenvalue weighted by atomic mass is 9.93. The molecule has 1 aliphatic carbocycles. The van der Waals surface area contributed by atoms with Crippen LogP contribution in [0.5, 0.6) is 0 Å². The first-order valence-corrected chi connectivity index (χ1v) is 7.02. The molecule has 0 spiro atoms. The highest BCUT2D eigenvalue weighted by Gasteiger charge is 2.25. The van der Waals surface area contributed by atoms with E-state index in [0.29, 0.717) is 11.7 Å². The molecule has 0 saturated heterocycles. The van der Waals surface area contributed by atoms with E-state index >= 15 is 0 Å². The third-order valence-corrected chi connectivity index (χ3v) is 3.89. The Hall–Kier alpha value is -1.84. The molecule has 0 radical (unpaired) electrons. The minimum Gasteiger partial charge on any atom is -0.380 e. The van der Waals surface area contributed by atoms with Gasteiger partial charge in [0.1, 0.15) is 0 Å². The van der Waals surface area contributed by atoms with E-state index in [1.54, 1.807) is 6.20 Å². The van der Waals surface area contributed by atoms with Gasteiger partial charge in [0, 0.05) is 12.1 Å². The van der Waals surface area contributed by atoms with Crippen LogP contribution >= 0.6 is 0 Å². The summed E-state index contributed by atoms with van der Waals surface area (Å²) in [5.74, 6) is 1.82. The van der Waals surface area contributed by atoms with Crippen molar-refractivity contribution in [3.8, 4) is 11.3 Å². The standard InChI is InChI=1S/C15H19N3O/c16-15-13(12-9-5-6-10-17-12)14(19-18-15)11-7-3-1-2-4-8-11/h5-6,9-11H,1-4,7-8H2,(H2,16,18). The third-order valence-electron chi connectivity index (χ3n) is 3.89. The zero-order valence-corrected chi connectivity index (χ0v) is 11.0. The molecule has 2 heterocycles. The van der Waals surface area contributed by atoms with E-state index in [1.165, 1.54) is 25.7 Å². The predicted molar refractivity (Wildman–Crippen MR) is 74.6 cm³/mol. The normalized spacial score (nSPS) is 17.3. The third kappa shape index (κ3) is 2.48. The monoisotopic (exact) mass is 257 g/mol. The van der Waals surface area contributed by atoms with E-state index in [4.69, 9.17) is 10.3 Å². The molecular formula is C15H19N3O. The summed E-state index contributed by atoms with van der Waals surface area (Å²) in [4.78, 5) is 4.38. The Labute approximate surface area is 113 Å². The molecule has 0 aliphatic heterocycles. The maximum Gasteiger partial charge on any atom is 0.176 e. The van der Waals surface area contributed by atoms with Crippen LogP contribution in [0.3, 0.4) is 0 Å². The van der Waals surface area contributed by atoms with Crippen molar-refractivity contribution >= 4 is 5.82 Å². The maximum atomic E-state index is 5.97. The molecule has 2 aromatic rings. The Morgan fingerprint density at radius 2 is 1.89 bits per heavy atom. The van der Waals surface area contributed by atoms with Crippen LogP contribution in [-0.4, -0.2) is 10.1 Å². The summed E-state index contributed by atoms with van der Waals surface area (Å²) in [6.07, 6.45) is 9.25. The maximum absolute atomic E-state index is 5.97. The number of pyridine rings is 1. The number of aromatic nitrogens is 2. The van der Waals surface area contributed by atoms with Gasteiger partial charge in [-0.1, -0.05) is 36.9 Å². The van der Waals surface area contributed by atoms with Gasteiger partial charge in [0.25, 0.3) is 0 Å². The predicted octanol–water partition coefficient (Wildman–Crippen LogP) is 3.76. The summed E-state index contributed by atoms with van der Waals surface area (Å²) in [7, 11) is 0. The molecule has 4 nitrogen and oxygen atoms in total. The van der Waals surface area contributed by atoms with Gasteiger partial charge in [0.05, 0.1) is 11.3 Å². The second kappa shape index (κ2) is 5.43. The van der Waals surface area contributed by atoms with Crippen molar-refractivity contribution in [1.82, 2.24) is 10.1 Å². The number of nitrogen functional groups attached to an aromatic ring is 1. The van der Waals surface area contributed by atoms with Crippen LogP contribution in [0.1, 0.15) is 50.2 Å². The topological polar surface area (TPSA) is 64.9 Å². The van der Waals surface area contributed by atoms with Gasteiger partial charge in [-0.15, -0.1) is 0 Å². The lowest BCUT2D eigenvalue weighted by molar-refractivity contribution is 0.350. The second-order valence-electron chi connectivity index (χ2n) is 5.21. The summed E-state index contributed by atoms with van der Waals surface area (Å²) in [6, 6.07) is 5.83. The lowest BCUT2D eigenvalue weighted by Crippen LogP contribution is -1.99. The van der Waals surface area contributed by atoms with E-state index in [2.05, 4.69) is 10.1 Å². The molecular weight excluding hydrogens is 238 g/mol. The van der Waals surface area contributed by atoms with E-state index < -0.39 is 0 Å². The fourth-order valence-electron chi connectivity index (χ4n) is 2.90. The number of anilines is 1. The molecule has 2 aromatic heterocycles. The van der Waals surface area contributed by atoms with Crippen molar-refractivity contribution in [3.05, 3.63) is 30.2 Å². The molecule has 2 N–H and O–H groups in total. The van der Waals surface area contributed by atoms with Gasteiger partial charge in [0.2, 0.25) is 0 Å². The average Bonchev–Trinajstić information content (AvgIpc) is 2.67. The summed E-state index contributed by atoms with van der Waals surface area (Å²) in [6.45, 7) is 0. The van der Waals surface area contributed by atoms with E-state index in [9.17, 15) is 0 Å². The molecule has 0 atom stereocenters. The second-order valence-corrected chi connectivity index (χ2v) is 5.21. The average molecular weight is 257 g/mol. The Morgan fingerprint density at radius 3 is 2.58 bits per heavy atom. The van der Waals surface area contributed by atoms with Crippen LogP contribution in [0.25, 0.3) is 11.3 Å². The van der Waals surface area contributed by atoms with Gasteiger partial charge in [-0.3, -0.25) is 4.98 Å². The van der Waals surface area contributed by atoms with E-state index in [1.807, 2.05) is 18.2 Å². The summed E-state index contributed by atoms with van der Waals surface area (Å²) in [5, 5.41) is 3.96. The summed E-state index contributed by atoms with van der Waals surface area (Å²) in [5.41, 5.74) is 7.73. The zero-order chi connectivity index (χ0) is 13.1. The molecule has 1 fully saturated rings. The zero-order valence-electron chi connectivity index (χ0n) is 11.0. The first-order chi connectivity index (χ1) is 9.36. The molecule has 100 valence electrons. The fourth-order valence-corrected chi connectivity index (χ4v) is 2.90. The quantitative estimate of drug-likeness (QED) is 0.832. The van der Waals surface area contributed by atoms with E-state index in [-0.39, 0.29) is 0 Å². The Bertz CT molecular complexity index is 528. The van der Waals surface area contributed by atoms with Crippen molar-refractivity contribution in [2.75, 3.05) is 5.73 Å². The van der Waals surface area contributed by atoms with Gasteiger partial charge in [-0.25, -0.2) is 0 Å². The minimum absolute atomic E-state index is 0.435. The molecule has 19 heavy (non-hydrogen) atoms. The van der Waals surface area contributed by atoms with Gasteiger partial charge in [-0.2, -0.15) is 0 Å². The smallest absolute Gasteiger partial charge is 0.176 e. The molecule has 0 unspecified atom stereocenters. The first kappa shape index (κ1) is 12.2. The number of hydrogen-bond donors (Lipinski definition) is 1. The van der Waals surface area contributed by atoms with Crippen LogP contribution in [0, 0.1) is 0 Å². The van der Waals surface area contributed by atoms with Crippen molar-refractivity contribution in [2.45, 2.75) is 44.4 Å². The van der Waals surface area contributed by atoms with Crippen LogP contribution in [0.4, 0.5) is 5.82 Å². The van der Waals surface area contributed by atoms with Gasteiger partial charge in [0.15, 0.2) is 11.6 Å². The molecule has 4 heteroatoms. The highest BCUT2D eigenvalue weighted by Crippen LogP contribution is 2.39. The number of nitrogens with zero attached hydrogens (tertiary/aromatic N) is 2. The van der Waals surface area contributed by atoms with Crippen molar-refractivity contribution in [3.63, 3.8) is 0 Å². The molecule has 0 bridgehead atoms. The highest BCUT2D eigenvalue weighted by molar-refractivity contribution is 5.73. The van der Waals surface area contributed by atoms with Crippen molar-refractivity contribution < 1.29 is 4.52 Å². The molecule has 3 rings (SSSR count). The van der Waals surface area contributed by atoms with Gasteiger partial charge < -0.3 is 10.3 Å². The summed E-state index contributed by atoms with van der Waals surface area (Å²) < 4.78 is 5.53. The fraction of sp³-hybridized carbons (Fsp3) is 0.467. The van der Waals surface area contributed by atoms with Crippen LogP contribution < -0.4 is 5.73 Å². The largest absolute Gasteiger partial charge is 0.380 e. The SMILES string of the molecule is Nc1noc(C2CCCCCC2)c1-c1ccccn1. The minimum atomic E-state index is 0.435. The van der Waals surface area contributed by atoms with Gasteiger partial charge >= 0.3 is 0 Å². The summed E-state index contributed by atoms with van der Waals surface area (Å²) >= 11 is 0. The molecule has 0 aromatic carbocycles. The van der Waals surface area contributed by atoms with Crippen molar-refractivity contribution in [1.29, 1.82) is 0 Å². The molecule has 1 aliphatic rings. The number of nitrogens with two attached hydrogens (primary N) is 1. The van der Waals surface area contributed by atoms with Crippen LogP contribution in [0.2, 0.25) is 0 Å². The van der Waals surface area contributed by atoms with Gasteiger partial charge in [-0.05, 0) is 25.0 Å².